The molecular formula is C16H18BrN3. The zero-order chi connectivity index (χ0) is 13.9. The van der Waals surface area contributed by atoms with Gasteiger partial charge in [-0.1, -0.05) is 40.2 Å². The summed E-state index contributed by atoms with van der Waals surface area (Å²) in [7, 11) is 0. The van der Waals surface area contributed by atoms with Gasteiger partial charge in [-0.05, 0) is 35.4 Å². The number of fused-ring (bicyclic) bond motifs is 1. The normalized spacial score (nSPS) is 14.7. The number of halogens is 1. The maximum atomic E-state index is 4.51. The van der Waals surface area contributed by atoms with Crippen LogP contribution < -0.4 is 5.32 Å². The van der Waals surface area contributed by atoms with Gasteiger partial charge in [0.2, 0.25) is 0 Å². The molecule has 0 bridgehead atoms. The Morgan fingerprint density at radius 3 is 3.00 bits per heavy atom. The van der Waals surface area contributed by atoms with Crippen LogP contribution in [-0.4, -0.2) is 30.5 Å². The van der Waals surface area contributed by atoms with E-state index in [0.717, 1.165) is 36.6 Å². The smallest absolute Gasteiger partial charge is 0.194 e. The molecule has 4 heteroatoms. The average Bonchev–Trinajstić information content (AvgIpc) is 2.93. The van der Waals surface area contributed by atoms with E-state index in [-0.39, 0.29) is 0 Å². The molecule has 0 amide bonds. The number of rotatable bonds is 3. The molecule has 0 fully saturated rings. The Morgan fingerprint density at radius 1 is 1.30 bits per heavy atom. The molecule has 20 heavy (non-hydrogen) atoms. The van der Waals surface area contributed by atoms with Crippen LogP contribution in [0.5, 0.6) is 0 Å². The van der Waals surface area contributed by atoms with E-state index < -0.39 is 0 Å². The lowest BCUT2D eigenvalue weighted by Crippen LogP contribution is -2.37. The zero-order valence-electron chi connectivity index (χ0n) is 11.6. The Labute approximate surface area is 127 Å². The number of hydrogen-bond donors (Lipinski definition) is 1. The number of hydrogen-bond acceptors (Lipinski definition) is 3. The summed E-state index contributed by atoms with van der Waals surface area (Å²) < 4.78 is 1.15. The van der Waals surface area contributed by atoms with Crippen molar-refractivity contribution in [1.29, 1.82) is 0 Å². The topological polar surface area (TPSA) is 27.6 Å². The summed E-state index contributed by atoms with van der Waals surface area (Å²) in [6.45, 7) is 5.90. The molecule has 0 spiro atoms. The van der Waals surface area contributed by atoms with Gasteiger partial charge >= 0.3 is 0 Å². The van der Waals surface area contributed by atoms with Gasteiger partial charge in [0.05, 0.1) is 6.54 Å². The Bertz CT molecular complexity index is 651. The van der Waals surface area contributed by atoms with E-state index >= 15 is 0 Å². The number of nitrogens with zero attached hydrogens (tertiary/aromatic N) is 2. The summed E-state index contributed by atoms with van der Waals surface area (Å²) in [5.41, 5.74) is 1.27. The van der Waals surface area contributed by atoms with Crippen LogP contribution in [-0.2, 0) is 6.54 Å². The van der Waals surface area contributed by atoms with Crippen LogP contribution >= 0.6 is 15.9 Å². The quantitative estimate of drug-likeness (QED) is 0.933. The Morgan fingerprint density at radius 2 is 2.15 bits per heavy atom. The standard InChI is InChI=1S/C16H18BrN3/c1-2-20-8-7-18-16(20)19-11-12-9-13-5-3-4-6-14(13)15(17)10-12/h3-6,9-10H,2,7-8,11H2,1H3,(H,18,19). The highest BCUT2D eigenvalue weighted by Crippen LogP contribution is 2.25. The van der Waals surface area contributed by atoms with E-state index in [4.69, 9.17) is 0 Å². The van der Waals surface area contributed by atoms with E-state index in [9.17, 15) is 0 Å². The van der Waals surface area contributed by atoms with Gasteiger partial charge in [0.1, 0.15) is 0 Å². The molecule has 0 aliphatic carbocycles. The predicted molar refractivity (Wildman–Crippen MR) is 88.0 cm³/mol. The molecule has 1 heterocycles. The predicted octanol–water partition coefficient (Wildman–Crippen LogP) is 3.38. The van der Waals surface area contributed by atoms with Gasteiger partial charge in [0.25, 0.3) is 0 Å². The molecule has 0 saturated heterocycles. The van der Waals surface area contributed by atoms with Gasteiger partial charge in [-0.15, -0.1) is 0 Å². The third-order valence-corrected chi connectivity index (χ3v) is 4.29. The van der Waals surface area contributed by atoms with Crippen LogP contribution in [0.25, 0.3) is 10.8 Å². The summed E-state index contributed by atoms with van der Waals surface area (Å²) >= 11 is 3.66. The second kappa shape index (κ2) is 5.83. The second-order valence-electron chi connectivity index (χ2n) is 4.94. The van der Waals surface area contributed by atoms with Gasteiger partial charge in [-0.25, -0.2) is 0 Å². The first kappa shape index (κ1) is 13.4. The number of guanidine groups is 1. The highest BCUT2D eigenvalue weighted by molar-refractivity contribution is 9.10. The number of benzene rings is 2. The first-order valence-electron chi connectivity index (χ1n) is 6.98. The number of likely N-dealkylation sites (N-methyl/N-ethyl adjacent to an activating group) is 1. The summed E-state index contributed by atoms with van der Waals surface area (Å²) in [6, 6.07) is 12.8. The minimum Gasteiger partial charge on any atom is -0.352 e. The maximum Gasteiger partial charge on any atom is 0.194 e. The first-order valence-corrected chi connectivity index (χ1v) is 7.77. The molecule has 1 N–H and O–H groups in total. The Hall–Kier alpha value is -1.55. The van der Waals surface area contributed by atoms with Crippen molar-refractivity contribution in [2.45, 2.75) is 13.5 Å². The summed E-state index contributed by atoms with van der Waals surface area (Å²) in [5, 5.41) is 5.96. The molecule has 0 radical (unpaired) electrons. The fourth-order valence-corrected chi connectivity index (χ4v) is 3.22. The molecule has 1 aliphatic heterocycles. The molecule has 0 saturated carbocycles. The maximum absolute atomic E-state index is 4.51. The number of aliphatic imine (C=N–C) groups is 1. The molecule has 1 aliphatic rings. The van der Waals surface area contributed by atoms with Crippen molar-refractivity contribution in [3.8, 4) is 0 Å². The Kier molecular flexibility index (Phi) is 3.92. The van der Waals surface area contributed by atoms with Gasteiger partial charge in [0, 0.05) is 24.1 Å². The van der Waals surface area contributed by atoms with Crippen molar-refractivity contribution in [2.24, 2.45) is 4.99 Å². The highest BCUT2D eigenvalue weighted by atomic mass is 79.9. The van der Waals surface area contributed by atoms with Gasteiger partial charge in [-0.2, -0.15) is 0 Å². The van der Waals surface area contributed by atoms with Crippen molar-refractivity contribution in [3.05, 3.63) is 46.4 Å². The molecule has 3 nitrogen and oxygen atoms in total. The zero-order valence-corrected chi connectivity index (χ0v) is 13.2. The molecule has 2 aromatic rings. The van der Waals surface area contributed by atoms with Gasteiger partial charge in [-0.3, -0.25) is 4.99 Å². The third-order valence-electron chi connectivity index (χ3n) is 3.63. The fourth-order valence-electron chi connectivity index (χ4n) is 2.56. The second-order valence-corrected chi connectivity index (χ2v) is 5.79. The fraction of sp³-hybridized carbons (Fsp3) is 0.312. The van der Waals surface area contributed by atoms with Crippen LogP contribution in [0.2, 0.25) is 0 Å². The lowest BCUT2D eigenvalue weighted by molar-refractivity contribution is 0.466. The van der Waals surface area contributed by atoms with E-state index in [0.29, 0.717) is 0 Å². The summed E-state index contributed by atoms with van der Waals surface area (Å²) in [5.74, 6) is 1.02. The van der Waals surface area contributed by atoms with Crippen molar-refractivity contribution in [2.75, 3.05) is 19.6 Å². The van der Waals surface area contributed by atoms with Crippen molar-refractivity contribution < 1.29 is 0 Å². The van der Waals surface area contributed by atoms with Crippen LogP contribution in [0.1, 0.15) is 12.5 Å². The van der Waals surface area contributed by atoms with Gasteiger partial charge in [0.15, 0.2) is 5.96 Å². The molecule has 3 rings (SSSR count). The number of nitrogens with one attached hydrogen (secondary N) is 1. The molecular weight excluding hydrogens is 314 g/mol. The molecule has 0 atom stereocenters. The van der Waals surface area contributed by atoms with Crippen molar-refractivity contribution in [3.63, 3.8) is 0 Å². The highest BCUT2D eigenvalue weighted by Gasteiger charge is 2.14. The lowest BCUT2D eigenvalue weighted by atomic mass is 10.1. The molecule has 104 valence electrons. The molecule has 0 unspecified atom stereocenters. The van der Waals surface area contributed by atoms with Crippen LogP contribution in [0.3, 0.4) is 0 Å². The van der Waals surface area contributed by atoms with E-state index in [1.54, 1.807) is 0 Å². The van der Waals surface area contributed by atoms with Crippen LogP contribution in [0.15, 0.2) is 45.9 Å². The van der Waals surface area contributed by atoms with E-state index in [1.807, 2.05) is 0 Å². The average molecular weight is 332 g/mol. The minimum absolute atomic E-state index is 0.804. The van der Waals surface area contributed by atoms with Crippen molar-refractivity contribution >= 4 is 32.7 Å². The van der Waals surface area contributed by atoms with E-state index in [2.05, 4.69) is 74.5 Å². The van der Waals surface area contributed by atoms with Crippen molar-refractivity contribution in [1.82, 2.24) is 10.2 Å². The third kappa shape index (κ3) is 2.66. The molecule has 2 aromatic carbocycles. The monoisotopic (exact) mass is 331 g/mol. The first-order chi connectivity index (χ1) is 9.78. The lowest BCUT2D eigenvalue weighted by Gasteiger charge is -2.19. The van der Waals surface area contributed by atoms with Crippen LogP contribution in [0, 0.1) is 0 Å². The SMILES string of the molecule is CCN1CCN=C1NCc1cc(Br)c2ccccc2c1. The minimum atomic E-state index is 0.804. The van der Waals surface area contributed by atoms with Gasteiger partial charge < -0.3 is 10.2 Å². The van der Waals surface area contributed by atoms with Crippen LogP contribution in [0.4, 0.5) is 0 Å². The Balaban J connectivity index is 1.78. The molecule has 0 aromatic heterocycles. The largest absolute Gasteiger partial charge is 0.352 e. The van der Waals surface area contributed by atoms with E-state index in [1.165, 1.54) is 16.3 Å². The summed E-state index contributed by atoms with van der Waals surface area (Å²) in [6.07, 6.45) is 0. The summed E-state index contributed by atoms with van der Waals surface area (Å²) in [4.78, 5) is 6.78.